The van der Waals surface area contributed by atoms with E-state index in [1.807, 2.05) is 30.3 Å². The smallest absolute Gasteiger partial charge is 0.273 e. The van der Waals surface area contributed by atoms with Crippen molar-refractivity contribution in [3.8, 4) is 0 Å². The number of para-hydroxylation sites is 1. The van der Waals surface area contributed by atoms with Crippen LogP contribution in [0.1, 0.15) is 41.7 Å². The van der Waals surface area contributed by atoms with Crippen LogP contribution in [-0.2, 0) is 6.42 Å². The summed E-state index contributed by atoms with van der Waals surface area (Å²) in [7, 11) is 0. The van der Waals surface area contributed by atoms with Gasteiger partial charge in [-0.1, -0.05) is 49.3 Å². The van der Waals surface area contributed by atoms with Crippen molar-refractivity contribution in [1.82, 2.24) is 15.2 Å². The van der Waals surface area contributed by atoms with Gasteiger partial charge < -0.3 is 4.98 Å². The van der Waals surface area contributed by atoms with Crippen LogP contribution in [-0.4, -0.2) is 21.1 Å². The number of amides is 1. The van der Waals surface area contributed by atoms with Gasteiger partial charge in [0.25, 0.3) is 5.91 Å². The molecule has 0 aliphatic rings. The standard InChI is InChI=1S/C16H18N4OS/c1-2-3-4-9-14-19-20-16(22-14)18-15(21)13-10-11-7-5-6-8-12(11)17-13/h5-8,10,17H,2-4,9H2,1H3,(H,18,20,21). The molecule has 6 heteroatoms. The number of fused-ring (bicyclic) bond motifs is 1. The molecule has 2 N–H and O–H groups in total. The van der Waals surface area contributed by atoms with E-state index in [0.29, 0.717) is 10.8 Å². The minimum Gasteiger partial charge on any atom is -0.351 e. The van der Waals surface area contributed by atoms with Gasteiger partial charge >= 0.3 is 0 Å². The van der Waals surface area contributed by atoms with E-state index in [2.05, 4.69) is 27.4 Å². The molecule has 3 aromatic rings. The number of hydrogen-bond donors (Lipinski definition) is 2. The number of carbonyl (C=O) groups excluding carboxylic acids is 1. The van der Waals surface area contributed by atoms with Crippen LogP contribution < -0.4 is 5.32 Å². The minimum atomic E-state index is -0.188. The Morgan fingerprint density at radius 3 is 2.95 bits per heavy atom. The Balaban J connectivity index is 1.66. The molecule has 1 aromatic carbocycles. The monoisotopic (exact) mass is 314 g/mol. The average molecular weight is 314 g/mol. The molecule has 1 amide bonds. The summed E-state index contributed by atoms with van der Waals surface area (Å²) in [6.45, 7) is 2.17. The summed E-state index contributed by atoms with van der Waals surface area (Å²) in [6, 6.07) is 9.65. The first-order valence-electron chi connectivity index (χ1n) is 7.47. The van der Waals surface area contributed by atoms with Crippen LogP contribution in [0.3, 0.4) is 0 Å². The third kappa shape index (κ3) is 3.33. The van der Waals surface area contributed by atoms with Gasteiger partial charge in [-0.3, -0.25) is 10.1 Å². The van der Waals surface area contributed by atoms with Crippen LogP contribution in [0.25, 0.3) is 10.9 Å². The van der Waals surface area contributed by atoms with E-state index in [-0.39, 0.29) is 5.91 Å². The highest BCUT2D eigenvalue weighted by Crippen LogP contribution is 2.20. The summed E-state index contributed by atoms with van der Waals surface area (Å²) >= 11 is 1.45. The first-order chi connectivity index (χ1) is 10.8. The van der Waals surface area contributed by atoms with Crippen molar-refractivity contribution in [3.63, 3.8) is 0 Å². The zero-order valence-corrected chi connectivity index (χ0v) is 13.2. The van der Waals surface area contributed by atoms with Crippen LogP contribution in [0.5, 0.6) is 0 Å². The van der Waals surface area contributed by atoms with Crippen LogP contribution in [0, 0.1) is 0 Å². The Morgan fingerprint density at radius 1 is 1.27 bits per heavy atom. The number of aromatic nitrogens is 3. The number of hydrogen-bond acceptors (Lipinski definition) is 4. The van der Waals surface area contributed by atoms with Gasteiger partial charge in [0.1, 0.15) is 10.7 Å². The Labute approximate surface area is 132 Å². The van der Waals surface area contributed by atoms with Gasteiger partial charge in [0.15, 0.2) is 0 Å². The molecule has 114 valence electrons. The molecule has 0 spiro atoms. The molecule has 0 radical (unpaired) electrons. The predicted octanol–water partition coefficient (Wildman–Crippen LogP) is 4.00. The zero-order chi connectivity index (χ0) is 15.4. The van der Waals surface area contributed by atoms with Crippen LogP contribution >= 0.6 is 11.3 Å². The number of aromatic amines is 1. The average Bonchev–Trinajstić information content (AvgIpc) is 3.14. The lowest BCUT2D eigenvalue weighted by Gasteiger charge is -1.97. The number of benzene rings is 1. The molecule has 0 saturated carbocycles. The molecule has 0 saturated heterocycles. The third-order valence-electron chi connectivity index (χ3n) is 3.46. The Hall–Kier alpha value is -2.21. The number of H-pyrrole nitrogens is 1. The maximum Gasteiger partial charge on any atom is 0.273 e. The van der Waals surface area contributed by atoms with Crippen molar-refractivity contribution in [2.45, 2.75) is 32.6 Å². The molecular weight excluding hydrogens is 296 g/mol. The van der Waals surface area contributed by atoms with Gasteiger partial charge in [-0.25, -0.2) is 0 Å². The number of nitrogens with zero attached hydrogens (tertiary/aromatic N) is 2. The maximum absolute atomic E-state index is 12.2. The number of unbranched alkanes of at least 4 members (excludes halogenated alkanes) is 2. The summed E-state index contributed by atoms with van der Waals surface area (Å²) in [5.74, 6) is -0.188. The summed E-state index contributed by atoms with van der Waals surface area (Å²) in [5.41, 5.74) is 1.48. The first-order valence-corrected chi connectivity index (χ1v) is 8.29. The summed E-state index contributed by atoms with van der Waals surface area (Å²) in [5, 5.41) is 13.5. The second kappa shape index (κ2) is 6.70. The van der Waals surface area contributed by atoms with E-state index in [1.165, 1.54) is 24.2 Å². The largest absolute Gasteiger partial charge is 0.351 e. The number of aryl methyl sites for hydroxylation is 1. The normalized spacial score (nSPS) is 11.0. The van der Waals surface area contributed by atoms with E-state index in [4.69, 9.17) is 0 Å². The van der Waals surface area contributed by atoms with E-state index < -0.39 is 0 Å². The second-order valence-electron chi connectivity index (χ2n) is 5.18. The molecule has 0 unspecified atom stereocenters. The van der Waals surface area contributed by atoms with Gasteiger partial charge in [0.2, 0.25) is 5.13 Å². The van der Waals surface area contributed by atoms with Gasteiger partial charge in [-0.2, -0.15) is 0 Å². The molecule has 2 heterocycles. The Morgan fingerprint density at radius 2 is 2.14 bits per heavy atom. The molecule has 0 bridgehead atoms. The van der Waals surface area contributed by atoms with Gasteiger partial charge in [0.05, 0.1) is 0 Å². The molecule has 0 aliphatic carbocycles. The van der Waals surface area contributed by atoms with E-state index in [0.717, 1.165) is 28.8 Å². The van der Waals surface area contributed by atoms with Gasteiger partial charge in [-0.15, -0.1) is 10.2 Å². The maximum atomic E-state index is 12.2. The summed E-state index contributed by atoms with van der Waals surface area (Å²) in [4.78, 5) is 15.4. The molecule has 3 rings (SSSR count). The van der Waals surface area contributed by atoms with E-state index in [1.54, 1.807) is 0 Å². The number of carbonyl (C=O) groups is 1. The Kier molecular flexibility index (Phi) is 4.48. The molecular formula is C16H18N4OS. The molecule has 0 aliphatic heterocycles. The highest BCUT2D eigenvalue weighted by atomic mass is 32.1. The predicted molar refractivity (Wildman–Crippen MR) is 89.4 cm³/mol. The lowest BCUT2D eigenvalue weighted by atomic mass is 10.2. The van der Waals surface area contributed by atoms with Crippen molar-refractivity contribution >= 4 is 33.3 Å². The fraction of sp³-hybridized carbons (Fsp3) is 0.312. The fourth-order valence-corrected chi connectivity index (χ4v) is 3.07. The highest BCUT2D eigenvalue weighted by molar-refractivity contribution is 7.15. The van der Waals surface area contributed by atoms with Crippen molar-refractivity contribution in [2.24, 2.45) is 0 Å². The summed E-state index contributed by atoms with van der Waals surface area (Å²) < 4.78 is 0. The molecule has 22 heavy (non-hydrogen) atoms. The lowest BCUT2D eigenvalue weighted by Crippen LogP contribution is -2.11. The second-order valence-corrected chi connectivity index (χ2v) is 6.24. The SMILES string of the molecule is CCCCCc1nnc(NC(=O)c2cc3ccccc3[nH]2)s1. The summed E-state index contributed by atoms with van der Waals surface area (Å²) in [6.07, 6.45) is 4.41. The van der Waals surface area contributed by atoms with Crippen LogP contribution in [0.4, 0.5) is 5.13 Å². The van der Waals surface area contributed by atoms with Gasteiger partial charge in [-0.05, 0) is 18.6 Å². The van der Waals surface area contributed by atoms with Crippen molar-refractivity contribution in [1.29, 1.82) is 0 Å². The van der Waals surface area contributed by atoms with Crippen molar-refractivity contribution in [2.75, 3.05) is 5.32 Å². The first kappa shape index (κ1) is 14.7. The number of rotatable bonds is 6. The molecule has 0 atom stereocenters. The number of nitrogens with one attached hydrogen (secondary N) is 2. The topological polar surface area (TPSA) is 70.7 Å². The minimum absolute atomic E-state index is 0.188. The van der Waals surface area contributed by atoms with Crippen LogP contribution in [0.15, 0.2) is 30.3 Å². The van der Waals surface area contributed by atoms with Crippen molar-refractivity contribution < 1.29 is 4.79 Å². The quantitative estimate of drug-likeness (QED) is 0.675. The Bertz CT molecular complexity index is 744. The number of anilines is 1. The molecule has 5 nitrogen and oxygen atoms in total. The van der Waals surface area contributed by atoms with E-state index >= 15 is 0 Å². The third-order valence-corrected chi connectivity index (χ3v) is 4.35. The highest BCUT2D eigenvalue weighted by Gasteiger charge is 2.12. The van der Waals surface area contributed by atoms with Crippen molar-refractivity contribution in [3.05, 3.63) is 41.0 Å². The fourth-order valence-electron chi connectivity index (χ4n) is 2.29. The van der Waals surface area contributed by atoms with Gasteiger partial charge in [0, 0.05) is 17.3 Å². The van der Waals surface area contributed by atoms with E-state index in [9.17, 15) is 4.79 Å². The molecule has 2 aromatic heterocycles. The molecule has 0 fully saturated rings. The lowest BCUT2D eigenvalue weighted by molar-refractivity contribution is 0.102. The zero-order valence-electron chi connectivity index (χ0n) is 12.4. The van der Waals surface area contributed by atoms with Crippen LogP contribution in [0.2, 0.25) is 0 Å².